The minimum Gasteiger partial charge on any atom is 0 e. The zero-order chi connectivity index (χ0) is 34.1. The van der Waals surface area contributed by atoms with Gasteiger partial charge in [-0.05, 0) is 50.8 Å². The molecule has 2 nitrogen and oxygen atoms in total. The molecule has 3 aromatic heterocycles. The van der Waals surface area contributed by atoms with E-state index in [4.69, 9.17) is 2.74 Å². The van der Waals surface area contributed by atoms with Crippen LogP contribution in [0, 0.1) is 17.5 Å². The van der Waals surface area contributed by atoms with Crippen molar-refractivity contribution < 1.29 is 22.8 Å². The predicted molar refractivity (Wildman–Crippen MR) is 201 cm³/mol. The molecular weight excluding hydrogens is 829 g/mol. The minimum absolute atomic E-state index is 0. The quantitative estimate of drug-likeness (QED) is 0.127. The Labute approximate surface area is 302 Å². The van der Waals surface area contributed by atoms with Crippen LogP contribution in [0.5, 0.6) is 0 Å². The van der Waals surface area contributed by atoms with E-state index in [1.807, 2.05) is 69.4 Å². The van der Waals surface area contributed by atoms with E-state index in [2.05, 4.69) is 100 Å². The van der Waals surface area contributed by atoms with E-state index in [9.17, 15) is 0 Å². The first-order valence-corrected chi connectivity index (χ1v) is 23.8. The molecule has 47 heavy (non-hydrogen) atoms. The van der Waals surface area contributed by atoms with Crippen molar-refractivity contribution in [1.82, 2.24) is 9.97 Å². The molecule has 0 saturated heterocycles. The van der Waals surface area contributed by atoms with E-state index < -0.39 is 25.1 Å². The van der Waals surface area contributed by atoms with Crippen molar-refractivity contribution in [2.24, 2.45) is 5.41 Å². The molecular formula is C42H40GeIrN2S-2. The number of hydrogen-bond acceptors (Lipinski definition) is 3. The third kappa shape index (κ3) is 8.55. The molecule has 4 aromatic carbocycles. The van der Waals surface area contributed by atoms with E-state index >= 15 is 0 Å². The van der Waals surface area contributed by atoms with E-state index in [-0.39, 0.29) is 20.1 Å². The summed E-state index contributed by atoms with van der Waals surface area (Å²) in [6, 6.07) is 43.6. The van der Waals surface area contributed by atoms with Crippen LogP contribution in [0.15, 0.2) is 122 Å². The third-order valence-corrected chi connectivity index (χ3v) is 13.1. The van der Waals surface area contributed by atoms with Crippen molar-refractivity contribution in [3.05, 3.63) is 139 Å². The smallest absolute Gasteiger partial charge is 0 e. The Balaban J connectivity index is 0.000000233. The van der Waals surface area contributed by atoms with Gasteiger partial charge in [-0.25, -0.2) is 0 Å². The Morgan fingerprint density at radius 1 is 0.745 bits per heavy atom. The summed E-state index contributed by atoms with van der Waals surface area (Å²) >= 11 is 0.0300. The zero-order valence-electron chi connectivity index (χ0n) is 29.7. The maximum atomic E-state index is 8.67. The molecule has 5 heteroatoms. The van der Waals surface area contributed by atoms with E-state index in [1.165, 1.54) is 31.0 Å². The number of thiophene rings is 1. The molecule has 0 N–H and O–H groups in total. The summed E-state index contributed by atoms with van der Waals surface area (Å²) in [5, 5.41) is 2.41. The van der Waals surface area contributed by atoms with Gasteiger partial charge in [0.1, 0.15) is 0 Å². The molecule has 0 unspecified atom stereocenters. The number of benzene rings is 4. The van der Waals surface area contributed by atoms with Crippen LogP contribution in [0.2, 0.25) is 17.3 Å². The second-order valence-electron chi connectivity index (χ2n) is 13.5. The van der Waals surface area contributed by atoms with Crippen molar-refractivity contribution in [3.8, 4) is 33.6 Å². The SMILES string of the molecule is [2H]C([2H])(c1ccnc(-c2[c-]ccc3c2sc2cc(-c4ccccc4)ccc23)c1)C(C)(C)C.[CH3][Ge]([CH3])([CH3])[c]1ccc(-c2[c-]cccc2)nc1.[Ir]. The fraction of sp³-hybridized carbons (Fsp3) is 0.190. The Morgan fingerprint density at radius 2 is 1.53 bits per heavy atom. The molecule has 0 spiro atoms. The van der Waals surface area contributed by atoms with Crippen molar-refractivity contribution >= 4 is 49.2 Å². The van der Waals surface area contributed by atoms with Gasteiger partial charge in [-0.2, -0.15) is 11.3 Å². The van der Waals surface area contributed by atoms with Crippen molar-refractivity contribution in [2.75, 3.05) is 0 Å². The van der Waals surface area contributed by atoms with Crippen LogP contribution in [0.4, 0.5) is 0 Å². The van der Waals surface area contributed by atoms with E-state index in [1.54, 1.807) is 23.6 Å². The monoisotopic (exact) mass is 873 g/mol. The summed E-state index contributed by atoms with van der Waals surface area (Å²) in [4.78, 5) is 9.13. The first-order chi connectivity index (χ1) is 22.8. The number of aromatic nitrogens is 2. The van der Waals surface area contributed by atoms with Gasteiger partial charge in [-0.15, -0.1) is 23.8 Å². The van der Waals surface area contributed by atoms with Gasteiger partial charge in [0, 0.05) is 33.7 Å². The molecule has 0 saturated carbocycles. The van der Waals surface area contributed by atoms with Crippen molar-refractivity contribution in [1.29, 1.82) is 0 Å². The summed E-state index contributed by atoms with van der Waals surface area (Å²) in [5.74, 6) is 7.14. The first kappa shape index (κ1) is 32.2. The van der Waals surface area contributed by atoms with Crippen LogP contribution in [0.3, 0.4) is 0 Å². The first-order valence-electron chi connectivity index (χ1n) is 16.7. The molecule has 0 bridgehead atoms. The second kappa shape index (κ2) is 14.8. The van der Waals surface area contributed by atoms with Gasteiger partial charge in [0.25, 0.3) is 0 Å². The molecule has 7 aromatic rings. The topological polar surface area (TPSA) is 25.8 Å². The molecule has 0 amide bonds. The van der Waals surface area contributed by atoms with Gasteiger partial charge in [0.2, 0.25) is 0 Å². The molecule has 0 aliphatic carbocycles. The Morgan fingerprint density at radius 3 is 2.21 bits per heavy atom. The zero-order valence-corrected chi connectivity index (χ0v) is 33.0. The molecule has 1 radical (unpaired) electrons. The summed E-state index contributed by atoms with van der Waals surface area (Å²) < 4.78 is 21.1. The Hall–Kier alpha value is -3.41. The van der Waals surface area contributed by atoms with Gasteiger partial charge in [-0.3, -0.25) is 0 Å². The average molecular weight is 872 g/mol. The minimum atomic E-state index is -1.72. The number of nitrogens with zero attached hydrogens (tertiary/aromatic N) is 2. The van der Waals surface area contributed by atoms with Gasteiger partial charge < -0.3 is 4.98 Å². The van der Waals surface area contributed by atoms with E-state index in [0.717, 1.165) is 27.2 Å². The van der Waals surface area contributed by atoms with Gasteiger partial charge >= 0.3 is 99.8 Å². The number of rotatable bonds is 5. The molecule has 7 rings (SSSR count). The summed E-state index contributed by atoms with van der Waals surface area (Å²) in [5.41, 5.74) is 6.30. The third-order valence-electron chi connectivity index (χ3n) is 7.69. The Kier molecular flexibility index (Phi) is 10.1. The maximum Gasteiger partial charge on any atom is 0 e. The largest absolute Gasteiger partial charge is 0 e. The van der Waals surface area contributed by atoms with Crippen molar-refractivity contribution in [3.63, 3.8) is 0 Å². The number of fused-ring (bicyclic) bond motifs is 3. The fourth-order valence-corrected chi connectivity index (χ4v) is 8.79. The van der Waals surface area contributed by atoms with Crippen LogP contribution in [0.25, 0.3) is 53.8 Å². The van der Waals surface area contributed by atoms with Gasteiger partial charge in [-0.1, -0.05) is 80.3 Å². The van der Waals surface area contributed by atoms with Crippen LogP contribution >= 0.6 is 11.3 Å². The van der Waals surface area contributed by atoms with Crippen molar-refractivity contribution in [2.45, 2.75) is 44.4 Å². The molecule has 0 fully saturated rings. The molecule has 0 atom stereocenters. The van der Waals surface area contributed by atoms with Crippen LogP contribution in [-0.2, 0) is 26.5 Å². The van der Waals surface area contributed by atoms with Crippen LogP contribution < -0.4 is 4.40 Å². The van der Waals surface area contributed by atoms with Crippen LogP contribution in [0.1, 0.15) is 29.1 Å². The molecule has 0 aliphatic heterocycles. The summed E-state index contributed by atoms with van der Waals surface area (Å²) in [6.45, 7) is 5.78. The normalized spacial score (nSPS) is 12.5. The van der Waals surface area contributed by atoms with Gasteiger partial charge in [0.15, 0.2) is 0 Å². The average Bonchev–Trinajstić information content (AvgIpc) is 3.47. The number of hydrogen-bond donors (Lipinski definition) is 0. The number of pyridine rings is 2. The summed E-state index contributed by atoms with van der Waals surface area (Å²) in [6.07, 6.45) is 2.28. The fourth-order valence-electron chi connectivity index (χ4n) is 5.37. The molecule has 0 aliphatic rings. The van der Waals surface area contributed by atoms with Gasteiger partial charge in [0.05, 0.1) is 0 Å². The predicted octanol–water partition coefficient (Wildman–Crippen LogP) is 11.3. The van der Waals surface area contributed by atoms with E-state index in [0.29, 0.717) is 5.56 Å². The summed E-state index contributed by atoms with van der Waals surface area (Å²) in [7, 11) is 0. The maximum absolute atomic E-state index is 8.67. The second-order valence-corrected chi connectivity index (χ2v) is 25.2. The standard InChI is InChI=1S/C28H24NS.C14H16GeN.Ir/c1-28(2,3)18-19-14-15-29-25(16-19)24-11-7-10-23-22-13-12-21(17-26(22)30-27(23)24)20-8-5-4-6-9-20;1-15(2,3)13-9-10-14(16-11-13)12-7-5-4-6-8-12;/h4-10,12-17H,18H2,1-3H3;4-7,9-11H,1-3H3;/q2*-1;/i18D2;;. The molecule has 239 valence electrons. The van der Waals surface area contributed by atoms with Crippen LogP contribution in [-0.4, -0.2) is 23.2 Å². The Bertz CT molecular complexity index is 2170. The molecule has 3 heterocycles.